The Morgan fingerprint density at radius 3 is 2.48 bits per heavy atom. The minimum atomic E-state index is -4.05. The van der Waals surface area contributed by atoms with Crippen molar-refractivity contribution in [2.24, 2.45) is 33.0 Å². The lowest BCUT2D eigenvalue weighted by Gasteiger charge is -2.34. The van der Waals surface area contributed by atoms with E-state index >= 15 is 0 Å². The summed E-state index contributed by atoms with van der Waals surface area (Å²) in [4.78, 5) is 1.56. The standard InChI is InChI=1S/C17H29N9O3S2.C2H6/c18-9-11-4-7-26(8-5-11)13-1-2-14(31(28,29)24-12-3-6-22-10-12)16(30(21)27)15(13)17(19)23-25-20;1-2/h1-2,11-12,22,24H,3-10,18,21H2,(H3,19,20,23);1-2H3. The highest BCUT2D eigenvalue weighted by Gasteiger charge is 2.32. The van der Waals surface area contributed by atoms with Crippen LogP contribution in [0.3, 0.4) is 0 Å². The van der Waals surface area contributed by atoms with E-state index in [4.69, 9.17) is 22.1 Å². The molecule has 0 bridgehead atoms. The predicted octanol–water partition coefficient (Wildman–Crippen LogP) is 0.161. The Bertz CT molecular complexity index is 971. The molecule has 2 saturated heterocycles. The maximum Gasteiger partial charge on any atom is 0.242 e. The van der Waals surface area contributed by atoms with Crippen molar-refractivity contribution in [3.05, 3.63) is 17.7 Å². The highest BCUT2D eigenvalue weighted by atomic mass is 32.2. The number of sulfonamides is 1. The van der Waals surface area contributed by atoms with E-state index in [1.807, 2.05) is 18.7 Å². The largest absolute Gasteiger partial charge is 0.371 e. The zero-order valence-electron chi connectivity index (χ0n) is 19.1. The number of piperidine rings is 1. The van der Waals surface area contributed by atoms with Crippen molar-refractivity contribution >= 4 is 32.5 Å². The highest BCUT2D eigenvalue weighted by Crippen LogP contribution is 2.34. The van der Waals surface area contributed by atoms with E-state index in [1.54, 1.807) is 6.07 Å². The van der Waals surface area contributed by atoms with Gasteiger partial charge in [0.25, 0.3) is 0 Å². The molecule has 2 unspecified atom stereocenters. The van der Waals surface area contributed by atoms with Gasteiger partial charge in [-0.2, -0.15) is 0 Å². The van der Waals surface area contributed by atoms with Gasteiger partial charge in [-0.05, 0) is 50.4 Å². The van der Waals surface area contributed by atoms with Gasteiger partial charge >= 0.3 is 0 Å². The quantitative estimate of drug-likeness (QED) is 0.100. The fourth-order valence-corrected chi connectivity index (χ4v) is 6.62. The molecule has 33 heavy (non-hydrogen) atoms. The number of hydrogen-bond acceptors (Lipinski definition) is 8. The Morgan fingerprint density at radius 2 is 1.97 bits per heavy atom. The number of nitrogens with two attached hydrogens (primary N) is 3. The van der Waals surface area contributed by atoms with Crippen molar-refractivity contribution in [3.8, 4) is 0 Å². The van der Waals surface area contributed by atoms with Gasteiger partial charge in [-0.25, -0.2) is 22.5 Å². The monoisotopic (exact) mass is 501 g/mol. The van der Waals surface area contributed by atoms with Crippen molar-refractivity contribution in [3.63, 3.8) is 0 Å². The first-order chi connectivity index (χ1) is 15.8. The highest BCUT2D eigenvalue weighted by molar-refractivity contribution is 7.90. The molecule has 186 valence electrons. The molecule has 9 N–H and O–H groups in total. The number of anilines is 1. The van der Waals surface area contributed by atoms with Crippen molar-refractivity contribution < 1.29 is 12.6 Å². The lowest BCUT2D eigenvalue weighted by Crippen LogP contribution is -2.38. The van der Waals surface area contributed by atoms with E-state index in [1.165, 1.54) is 6.07 Å². The van der Waals surface area contributed by atoms with Crippen LogP contribution in [0.25, 0.3) is 0 Å². The number of nitrogens with zero attached hydrogens (tertiary/aromatic N) is 3. The number of hydrogen-bond donors (Lipinski definition) is 6. The van der Waals surface area contributed by atoms with E-state index < -0.39 is 26.8 Å². The number of benzene rings is 1. The SMILES string of the molecule is CC.N=C(N=NN)c1c(N2CCC(CN)CC2)ccc(S(=O)(=O)NC2CCNC2)c1S(N)=O. The molecule has 1 aromatic carbocycles. The van der Waals surface area contributed by atoms with Gasteiger partial charge in [0.05, 0.1) is 10.5 Å². The second-order valence-corrected chi connectivity index (χ2v) is 10.3. The third kappa shape index (κ3) is 6.55. The summed E-state index contributed by atoms with van der Waals surface area (Å²) < 4.78 is 41.4. The normalized spacial score (nSPS) is 20.5. The summed E-state index contributed by atoms with van der Waals surface area (Å²) in [6, 6.07) is 2.69. The molecular formula is C19H35N9O3S2. The van der Waals surface area contributed by atoms with Crippen LogP contribution >= 0.6 is 0 Å². The van der Waals surface area contributed by atoms with E-state index in [0.717, 1.165) is 12.8 Å². The van der Waals surface area contributed by atoms with Crippen LogP contribution in [0.5, 0.6) is 0 Å². The van der Waals surface area contributed by atoms with Gasteiger partial charge in [0.2, 0.25) is 10.0 Å². The van der Waals surface area contributed by atoms with Crippen LogP contribution in [0.2, 0.25) is 0 Å². The van der Waals surface area contributed by atoms with Gasteiger partial charge < -0.3 is 21.8 Å². The molecule has 0 spiro atoms. The van der Waals surface area contributed by atoms with Crippen LogP contribution in [0, 0.1) is 11.3 Å². The summed E-state index contributed by atoms with van der Waals surface area (Å²) in [5.74, 6) is 5.12. The van der Waals surface area contributed by atoms with Crippen LogP contribution in [0.15, 0.2) is 32.3 Å². The number of amidine groups is 1. The maximum absolute atomic E-state index is 13.1. The molecule has 2 fully saturated rings. The van der Waals surface area contributed by atoms with Gasteiger partial charge in [0.15, 0.2) is 5.84 Å². The molecule has 0 saturated carbocycles. The zero-order chi connectivity index (χ0) is 24.6. The molecule has 2 heterocycles. The van der Waals surface area contributed by atoms with E-state index in [9.17, 15) is 12.6 Å². The second kappa shape index (κ2) is 12.5. The summed E-state index contributed by atoms with van der Waals surface area (Å²) >= 11 is 0. The Balaban J connectivity index is 0.00000187. The molecule has 0 aliphatic carbocycles. The first kappa shape index (κ1) is 27.3. The van der Waals surface area contributed by atoms with Crippen molar-refractivity contribution in [2.45, 2.75) is 48.9 Å². The van der Waals surface area contributed by atoms with E-state index in [-0.39, 0.29) is 21.4 Å². The summed E-state index contributed by atoms with van der Waals surface area (Å²) in [6.07, 6.45) is 2.33. The minimum Gasteiger partial charge on any atom is -0.371 e. The van der Waals surface area contributed by atoms with Crippen LogP contribution in [-0.2, 0) is 21.0 Å². The van der Waals surface area contributed by atoms with Gasteiger partial charge in [-0.1, -0.05) is 19.1 Å². The zero-order valence-corrected chi connectivity index (χ0v) is 20.7. The second-order valence-electron chi connectivity index (χ2n) is 7.63. The van der Waals surface area contributed by atoms with Crippen molar-refractivity contribution in [2.75, 3.05) is 37.6 Å². The van der Waals surface area contributed by atoms with E-state index in [2.05, 4.69) is 20.4 Å². The van der Waals surface area contributed by atoms with Crippen molar-refractivity contribution in [1.82, 2.24) is 10.0 Å². The minimum absolute atomic E-state index is 0.0497. The van der Waals surface area contributed by atoms with Gasteiger partial charge in [0.1, 0.15) is 15.9 Å². The molecule has 2 atom stereocenters. The number of rotatable bonds is 7. The van der Waals surface area contributed by atoms with Gasteiger partial charge in [-0.3, -0.25) is 5.41 Å². The molecule has 2 aliphatic rings. The molecule has 1 aromatic rings. The van der Waals surface area contributed by atoms with Gasteiger partial charge in [-0.15, -0.1) is 5.11 Å². The molecule has 2 aliphatic heterocycles. The van der Waals surface area contributed by atoms with Crippen molar-refractivity contribution in [1.29, 1.82) is 5.41 Å². The van der Waals surface area contributed by atoms with Gasteiger partial charge in [0, 0.05) is 31.4 Å². The lowest BCUT2D eigenvalue weighted by atomic mass is 9.96. The average Bonchev–Trinajstić information content (AvgIpc) is 3.32. The summed E-state index contributed by atoms with van der Waals surface area (Å²) in [7, 11) is -6.26. The fraction of sp³-hybridized carbons (Fsp3) is 0.632. The Kier molecular flexibility index (Phi) is 10.3. The third-order valence-electron chi connectivity index (χ3n) is 5.66. The predicted molar refractivity (Wildman–Crippen MR) is 130 cm³/mol. The Hall–Kier alpha value is -1.97. The van der Waals surface area contributed by atoms with E-state index in [0.29, 0.717) is 50.7 Å². The molecule has 3 rings (SSSR count). The Labute approximate surface area is 197 Å². The number of nitrogens with one attached hydrogen (secondary N) is 3. The fourth-order valence-electron chi connectivity index (χ4n) is 4.01. The molecule has 14 heteroatoms. The molecule has 12 nitrogen and oxygen atoms in total. The first-order valence-electron chi connectivity index (χ1n) is 11.0. The van der Waals surface area contributed by atoms with Crippen LogP contribution in [0.4, 0.5) is 5.69 Å². The average molecular weight is 502 g/mol. The summed E-state index contributed by atoms with van der Waals surface area (Å²) in [6.45, 7) is 7.09. The first-order valence-corrected chi connectivity index (χ1v) is 13.7. The Morgan fingerprint density at radius 1 is 1.30 bits per heavy atom. The summed E-state index contributed by atoms with van der Waals surface area (Å²) in [5.41, 5.74) is 6.34. The topological polar surface area (TPSA) is 205 Å². The lowest BCUT2D eigenvalue weighted by molar-refractivity contribution is 0.414. The van der Waals surface area contributed by atoms with Crippen LogP contribution in [-0.4, -0.2) is 57.2 Å². The molecular weight excluding hydrogens is 466 g/mol. The molecule has 0 aromatic heterocycles. The van der Waals surface area contributed by atoms with Crippen LogP contribution < -0.4 is 31.7 Å². The summed E-state index contributed by atoms with van der Waals surface area (Å²) in [5, 5.41) is 23.9. The third-order valence-corrected chi connectivity index (χ3v) is 8.17. The smallest absolute Gasteiger partial charge is 0.242 e. The molecule has 0 radical (unpaired) electrons. The van der Waals surface area contributed by atoms with Crippen LogP contribution in [0.1, 0.15) is 38.7 Å². The molecule has 0 amide bonds. The maximum atomic E-state index is 13.1.